The van der Waals surface area contributed by atoms with E-state index in [4.69, 9.17) is 20.2 Å². The quantitative estimate of drug-likeness (QED) is 0.329. The summed E-state index contributed by atoms with van der Waals surface area (Å²) in [4.78, 5) is 9.00. The maximum Gasteiger partial charge on any atom is 0.312 e. The number of rotatable bonds is 7. The van der Waals surface area contributed by atoms with Crippen molar-refractivity contribution in [3.05, 3.63) is 28.1 Å². The van der Waals surface area contributed by atoms with Gasteiger partial charge in [0.1, 0.15) is 10.7 Å². The molecule has 0 bridgehead atoms. The highest BCUT2D eigenvalue weighted by molar-refractivity contribution is 8.13. The van der Waals surface area contributed by atoms with Crippen LogP contribution in [-0.2, 0) is 13.8 Å². The second kappa shape index (κ2) is 6.82. The molecule has 0 saturated carbocycles. The third-order valence-corrected chi connectivity index (χ3v) is 3.56. The van der Waals surface area contributed by atoms with E-state index in [9.17, 15) is 22.9 Å². The van der Waals surface area contributed by atoms with Gasteiger partial charge in [0.15, 0.2) is 5.75 Å². The summed E-state index contributed by atoms with van der Waals surface area (Å²) >= 11 is 0. The number of nitro benzene ring substituents is 1. The Bertz CT molecular complexity index is 606. The van der Waals surface area contributed by atoms with Gasteiger partial charge in [0, 0.05) is 43.0 Å². The van der Waals surface area contributed by atoms with Crippen LogP contribution in [0.2, 0.25) is 0 Å². The first kappa shape index (κ1) is 16.6. The fourth-order valence-electron chi connectivity index (χ4n) is 1.35. The van der Waals surface area contributed by atoms with Gasteiger partial charge >= 0.3 is 5.69 Å². The highest BCUT2D eigenvalue weighted by Gasteiger charge is 2.25. The molecule has 0 aliphatic heterocycles. The summed E-state index contributed by atoms with van der Waals surface area (Å²) in [6, 6.07) is 1.16. The lowest BCUT2D eigenvalue weighted by Crippen LogP contribution is -2.05. The van der Waals surface area contributed by atoms with Gasteiger partial charge in [-0.25, -0.2) is 12.8 Å². The van der Waals surface area contributed by atoms with Crippen molar-refractivity contribution in [3.63, 3.8) is 0 Å². The molecule has 0 unspecified atom stereocenters. The van der Waals surface area contributed by atoms with Gasteiger partial charge in [-0.3, -0.25) is 10.1 Å². The molecular formula is C10H11ClFNO6S. The molecule has 0 aliphatic rings. The molecule has 0 atom stereocenters. The van der Waals surface area contributed by atoms with Crippen LogP contribution in [0.1, 0.15) is 6.42 Å². The van der Waals surface area contributed by atoms with Crippen molar-refractivity contribution < 1.29 is 27.2 Å². The molecule has 0 spiro atoms. The van der Waals surface area contributed by atoms with E-state index in [2.05, 4.69) is 0 Å². The van der Waals surface area contributed by atoms with Gasteiger partial charge in [-0.2, -0.15) is 0 Å². The number of halogens is 2. The summed E-state index contributed by atoms with van der Waals surface area (Å²) in [6.45, 7) is 0.422. The first-order valence-corrected chi connectivity index (χ1v) is 7.62. The minimum absolute atomic E-state index is 0.0566. The second-order valence-electron chi connectivity index (χ2n) is 3.64. The van der Waals surface area contributed by atoms with Crippen LogP contribution in [-0.4, -0.2) is 33.7 Å². The highest BCUT2D eigenvalue weighted by atomic mass is 35.7. The van der Waals surface area contributed by atoms with E-state index in [1.54, 1.807) is 0 Å². The summed E-state index contributed by atoms with van der Waals surface area (Å²) in [6.07, 6.45) is 0.435. The summed E-state index contributed by atoms with van der Waals surface area (Å²) in [5.41, 5.74) is -0.678. The van der Waals surface area contributed by atoms with Crippen molar-refractivity contribution in [1.29, 1.82) is 0 Å². The van der Waals surface area contributed by atoms with Crippen LogP contribution >= 0.6 is 10.7 Å². The van der Waals surface area contributed by atoms with Crippen LogP contribution < -0.4 is 4.74 Å². The van der Waals surface area contributed by atoms with Crippen LogP contribution in [0.25, 0.3) is 0 Å². The molecule has 1 aromatic rings. The molecule has 10 heteroatoms. The van der Waals surface area contributed by atoms with Crippen molar-refractivity contribution in [2.75, 3.05) is 20.3 Å². The fraction of sp³-hybridized carbons (Fsp3) is 0.400. The van der Waals surface area contributed by atoms with Crippen molar-refractivity contribution in [2.45, 2.75) is 11.3 Å². The van der Waals surface area contributed by atoms with Crippen molar-refractivity contribution >= 4 is 25.4 Å². The zero-order chi connectivity index (χ0) is 15.3. The summed E-state index contributed by atoms with van der Waals surface area (Å²) in [5, 5.41) is 10.8. The minimum Gasteiger partial charge on any atom is -0.487 e. The second-order valence-corrected chi connectivity index (χ2v) is 6.17. The lowest BCUT2D eigenvalue weighted by molar-refractivity contribution is -0.386. The minimum atomic E-state index is -4.42. The SMILES string of the molecule is COCCCOc1cc(F)c(S(=O)(=O)Cl)cc1[N+](=O)[O-]. The predicted molar refractivity (Wildman–Crippen MR) is 68.1 cm³/mol. The average Bonchev–Trinajstić information content (AvgIpc) is 2.32. The fourth-order valence-corrected chi connectivity index (χ4v) is 2.25. The number of nitrogens with zero attached hydrogens (tertiary/aromatic N) is 1. The molecule has 0 fully saturated rings. The molecule has 0 aromatic heterocycles. The number of nitro groups is 1. The number of hydrogen-bond acceptors (Lipinski definition) is 6. The molecule has 20 heavy (non-hydrogen) atoms. The average molecular weight is 328 g/mol. The Hall–Kier alpha value is -1.45. The van der Waals surface area contributed by atoms with E-state index >= 15 is 0 Å². The van der Waals surface area contributed by atoms with Crippen LogP contribution in [0.5, 0.6) is 5.75 Å². The summed E-state index contributed by atoms with van der Waals surface area (Å²) in [7, 11) is 2.05. The molecule has 0 saturated heterocycles. The first-order valence-electron chi connectivity index (χ1n) is 5.31. The first-order chi connectivity index (χ1) is 9.27. The lowest BCUT2D eigenvalue weighted by atomic mass is 10.3. The highest BCUT2D eigenvalue weighted by Crippen LogP contribution is 2.33. The molecule has 112 valence electrons. The molecular weight excluding hydrogens is 317 g/mol. The number of benzene rings is 1. The molecule has 7 nitrogen and oxygen atoms in total. The molecule has 0 amide bonds. The van der Waals surface area contributed by atoms with Gasteiger partial charge in [-0.15, -0.1) is 0 Å². The zero-order valence-electron chi connectivity index (χ0n) is 10.3. The molecule has 0 aliphatic carbocycles. The Morgan fingerprint density at radius 1 is 1.40 bits per heavy atom. The Labute approximate surface area is 118 Å². The van der Waals surface area contributed by atoms with E-state index in [0.29, 0.717) is 25.2 Å². The Kier molecular flexibility index (Phi) is 5.66. The third-order valence-electron chi connectivity index (χ3n) is 2.22. The number of ether oxygens (including phenoxy) is 2. The van der Waals surface area contributed by atoms with Gasteiger partial charge in [-0.05, 0) is 0 Å². The van der Waals surface area contributed by atoms with E-state index in [1.807, 2.05) is 0 Å². The van der Waals surface area contributed by atoms with E-state index in [1.165, 1.54) is 7.11 Å². The molecule has 1 rings (SSSR count). The molecule has 0 radical (unpaired) electrons. The van der Waals surface area contributed by atoms with Crippen molar-refractivity contribution in [2.24, 2.45) is 0 Å². The van der Waals surface area contributed by atoms with Crippen LogP contribution in [0.3, 0.4) is 0 Å². The van der Waals surface area contributed by atoms with Crippen molar-refractivity contribution in [1.82, 2.24) is 0 Å². The van der Waals surface area contributed by atoms with Gasteiger partial charge in [0.05, 0.1) is 11.5 Å². The third kappa shape index (κ3) is 4.29. The number of methoxy groups -OCH3 is 1. The topological polar surface area (TPSA) is 95.7 Å². The summed E-state index contributed by atoms with van der Waals surface area (Å²) < 4.78 is 45.6. The van der Waals surface area contributed by atoms with Crippen LogP contribution in [0, 0.1) is 15.9 Å². The molecule has 1 aromatic carbocycles. The normalized spacial score (nSPS) is 11.3. The monoisotopic (exact) mass is 327 g/mol. The zero-order valence-corrected chi connectivity index (χ0v) is 11.9. The summed E-state index contributed by atoms with van der Waals surface area (Å²) in [5.74, 6) is -1.58. The van der Waals surface area contributed by atoms with E-state index in [0.717, 1.165) is 0 Å². The largest absolute Gasteiger partial charge is 0.487 e. The maximum atomic E-state index is 13.6. The Morgan fingerprint density at radius 3 is 2.55 bits per heavy atom. The van der Waals surface area contributed by atoms with E-state index in [-0.39, 0.29) is 12.4 Å². The molecule has 0 N–H and O–H groups in total. The van der Waals surface area contributed by atoms with Crippen LogP contribution in [0.15, 0.2) is 17.0 Å². The maximum absolute atomic E-state index is 13.6. The smallest absolute Gasteiger partial charge is 0.312 e. The molecule has 0 heterocycles. The van der Waals surface area contributed by atoms with Crippen molar-refractivity contribution in [3.8, 4) is 5.75 Å². The van der Waals surface area contributed by atoms with E-state index < -0.39 is 30.4 Å². The number of hydrogen-bond donors (Lipinski definition) is 0. The standard InChI is InChI=1S/C10H11ClFNO6S/c1-18-3-2-4-19-9-5-7(12)10(20(11,16)17)6-8(9)13(14)15/h5-6H,2-4H2,1H3. The van der Waals surface area contributed by atoms with Crippen LogP contribution in [0.4, 0.5) is 10.1 Å². The lowest BCUT2D eigenvalue weighted by Gasteiger charge is -2.08. The van der Waals surface area contributed by atoms with Gasteiger partial charge < -0.3 is 9.47 Å². The Morgan fingerprint density at radius 2 is 2.05 bits per heavy atom. The Balaban J connectivity index is 3.12. The van der Waals surface area contributed by atoms with Gasteiger partial charge in [0.25, 0.3) is 9.05 Å². The van der Waals surface area contributed by atoms with Gasteiger partial charge in [-0.1, -0.05) is 0 Å². The predicted octanol–water partition coefficient (Wildman–Crippen LogP) is 2.08. The van der Waals surface area contributed by atoms with Gasteiger partial charge in [0.2, 0.25) is 0 Å².